The van der Waals surface area contributed by atoms with Gasteiger partial charge in [-0.2, -0.15) is 0 Å². The van der Waals surface area contributed by atoms with E-state index in [1.807, 2.05) is 0 Å². The zero-order valence-corrected chi connectivity index (χ0v) is 11.5. The van der Waals surface area contributed by atoms with Crippen LogP contribution in [-0.2, 0) is 6.54 Å². The van der Waals surface area contributed by atoms with Crippen molar-refractivity contribution in [3.63, 3.8) is 0 Å². The van der Waals surface area contributed by atoms with Gasteiger partial charge in [-0.15, -0.1) is 0 Å². The Morgan fingerprint density at radius 1 is 1.47 bits per heavy atom. The lowest BCUT2D eigenvalue weighted by Crippen LogP contribution is -2.35. The standard InChI is InChI=1S/C15H20FN3/c1-3-19-14-9-12(16)4-5-13(14)18-15(19)11-6-7-17-10(2)8-11/h4-5,9-11,17H,3,6-8H2,1-2H3. The quantitative estimate of drug-likeness (QED) is 0.900. The van der Waals surface area contributed by atoms with Gasteiger partial charge in [0, 0.05) is 18.5 Å². The first kappa shape index (κ1) is 12.6. The molecule has 1 aliphatic heterocycles. The molecule has 2 unspecified atom stereocenters. The van der Waals surface area contributed by atoms with Crippen molar-refractivity contribution in [1.29, 1.82) is 0 Å². The molecule has 2 atom stereocenters. The predicted molar refractivity (Wildman–Crippen MR) is 74.8 cm³/mol. The van der Waals surface area contributed by atoms with Crippen molar-refractivity contribution in [3.8, 4) is 0 Å². The number of nitrogens with zero attached hydrogens (tertiary/aromatic N) is 2. The number of aryl methyl sites for hydroxylation is 1. The van der Waals surface area contributed by atoms with Crippen LogP contribution < -0.4 is 5.32 Å². The molecular weight excluding hydrogens is 241 g/mol. The summed E-state index contributed by atoms with van der Waals surface area (Å²) in [5, 5.41) is 3.47. The molecule has 1 fully saturated rings. The molecule has 2 heterocycles. The van der Waals surface area contributed by atoms with Gasteiger partial charge in [-0.1, -0.05) is 0 Å². The highest BCUT2D eigenvalue weighted by molar-refractivity contribution is 5.76. The summed E-state index contributed by atoms with van der Waals surface area (Å²) >= 11 is 0. The lowest BCUT2D eigenvalue weighted by atomic mass is 9.92. The van der Waals surface area contributed by atoms with Crippen molar-refractivity contribution >= 4 is 11.0 Å². The van der Waals surface area contributed by atoms with E-state index in [1.165, 1.54) is 6.07 Å². The van der Waals surface area contributed by atoms with Crippen LogP contribution in [0.1, 0.15) is 38.4 Å². The zero-order valence-electron chi connectivity index (χ0n) is 11.5. The maximum Gasteiger partial charge on any atom is 0.125 e. The van der Waals surface area contributed by atoms with E-state index in [1.54, 1.807) is 12.1 Å². The molecule has 0 aliphatic carbocycles. The van der Waals surface area contributed by atoms with E-state index in [4.69, 9.17) is 4.98 Å². The first-order valence-corrected chi connectivity index (χ1v) is 7.08. The fraction of sp³-hybridized carbons (Fsp3) is 0.533. The molecule has 1 aliphatic rings. The predicted octanol–water partition coefficient (Wildman–Crippen LogP) is 3.05. The SMILES string of the molecule is CCn1c(C2CCNC(C)C2)nc2ccc(F)cc21. The van der Waals surface area contributed by atoms with Crippen LogP contribution in [0.4, 0.5) is 4.39 Å². The number of imidazole rings is 1. The Morgan fingerprint density at radius 2 is 2.32 bits per heavy atom. The fourth-order valence-electron chi connectivity index (χ4n) is 3.12. The minimum absolute atomic E-state index is 0.188. The van der Waals surface area contributed by atoms with Gasteiger partial charge in [-0.25, -0.2) is 9.37 Å². The van der Waals surface area contributed by atoms with E-state index in [9.17, 15) is 4.39 Å². The highest BCUT2D eigenvalue weighted by Crippen LogP contribution is 2.30. The number of nitrogens with one attached hydrogen (secondary N) is 1. The molecule has 3 nitrogen and oxygen atoms in total. The largest absolute Gasteiger partial charge is 0.328 e. The molecule has 1 saturated heterocycles. The Hall–Kier alpha value is -1.42. The molecule has 1 N–H and O–H groups in total. The van der Waals surface area contributed by atoms with Crippen LogP contribution >= 0.6 is 0 Å². The van der Waals surface area contributed by atoms with Crippen molar-refractivity contribution in [2.75, 3.05) is 6.54 Å². The molecule has 102 valence electrons. The summed E-state index contributed by atoms with van der Waals surface area (Å²) in [6, 6.07) is 5.40. The molecule has 0 amide bonds. The lowest BCUT2D eigenvalue weighted by molar-refractivity contribution is 0.365. The molecule has 3 rings (SSSR count). The maximum absolute atomic E-state index is 13.4. The minimum Gasteiger partial charge on any atom is -0.328 e. The van der Waals surface area contributed by atoms with Crippen LogP contribution in [0.25, 0.3) is 11.0 Å². The number of fused-ring (bicyclic) bond motifs is 1. The topological polar surface area (TPSA) is 29.9 Å². The molecule has 1 aromatic carbocycles. The van der Waals surface area contributed by atoms with E-state index in [-0.39, 0.29) is 5.82 Å². The normalized spacial score (nSPS) is 23.9. The van der Waals surface area contributed by atoms with E-state index in [0.717, 1.165) is 42.8 Å². The average molecular weight is 261 g/mol. The molecule has 0 saturated carbocycles. The third-order valence-electron chi connectivity index (χ3n) is 4.04. The highest BCUT2D eigenvalue weighted by Gasteiger charge is 2.24. The summed E-state index contributed by atoms with van der Waals surface area (Å²) in [4.78, 5) is 4.75. The van der Waals surface area contributed by atoms with Crippen LogP contribution in [0.3, 0.4) is 0 Å². The summed E-state index contributed by atoms with van der Waals surface area (Å²) in [5.41, 5.74) is 1.83. The molecule has 0 spiro atoms. The van der Waals surface area contributed by atoms with Crippen molar-refractivity contribution in [1.82, 2.24) is 14.9 Å². The Balaban J connectivity index is 2.07. The monoisotopic (exact) mass is 261 g/mol. The Morgan fingerprint density at radius 3 is 3.05 bits per heavy atom. The van der Waals surface area contributed by atoms with Crippen molar-refractivity contribution in [2.24, 2.45) is 0 Å². The fourth-order valence-corrected chi connectivity index (χ4v) is 3.12. The third kappa shape index (κ3) is 2.25. The molecular formula is C15H20FN3. The van der Waals surface area contributed by atoms with E-state index >= 15 is 0 Å². The van der Waals surface area contributed by atoms with Gasteiger partial charge in [0.1, 0.15) is 11.6 Å². The van der Waals surface area contributed by atoms with Crippen molar-refractivity contribution < 1.29 is 4.39 Å². The van der Waals surface area contributed by atoms with Gasteiger partial charge < -0.3 is 9.88 Å². The van der Waals surface area contributed by atoms with Crippen LogP contribution in [0.15, 0.2) is 18.2 Å². The second kappa shape index (κ2) is 4.93. The summed E-state index contributed by atoms with van der Waals surface area (Å²) < 4.78 is 15.6. The molecule has 4 heteroatoms. The molecule has 1 aromatic heterocycles. The van der Waals surface area contributed by atoms with Gasteiger partial charge in [-0.05, 0) is 51.4 Å². The number of aromatic nitrogens is 2. The number of rotatable bonds is 2. The van der Waals surface area contributed by atoms with Crippen LogP contribution in [0.2, 0.25) is 0 Å². The summed E-state index contributed by atoms with van der Waals surface area (Å²) in [6.45, 7) is 6.19. The first-order valence-electron chi connectivity index (χ1n) is 7.08. The number of halogens is 1. The molecule has 2 aromatic rings. The van der Waals surface area contributed by atoms with Crippen molar-refractivity contribution in [3.05, 3.63) is 29.8 Å². The number of benzene rings is 1. The Labute approximate surface area is 112 Å². The van der Waals surface area contributed by atoms with E-state index in [0.29, 0.717) is 12.0 Å². The lowest BCUT2D eigenvalue weighted by Gasteiger charge is -2.27. The molecule has 0 radical (unpaired) electrons. The second-order valence-corrected chi connectivity index (χ2v) is 5.42. The van der Waals surface area contributed by atoms with Gasteiger partial charge in [-0.3, -0.25) is 0 Å². The van der Waals surface area contributed by atoms with E-state index in [2.05, 4.69) is 23.7 Å². The van der Waals surface area contributed by atoms with E-state index < -0.39 is 0 Å². The van der Waals surface area contributed by atoms with Gasteiger partial charge in [0.2, 0.25) is 0 Å². The number of piperidine rings is 1. The number of hydrogen-bond donors (Lipinski definition) is 1. The average Bonchev–Trinajstić information content (AvgIpc) is 2.76. The van der Waals surface area contributed by atoms with Crippen molar-refractivity contribution in [2.45, 2.75) is 45.2 Å². The molecule has 0 bridgehead atoms. The van der Waals surface area contributed by atoms with Crippen LogP contribution in [0.5, 0.6) is 0 Å². The van der Waals surface area contributed by atoms with Crippen LogP contribution in [0, 0.1) is 5.82 Å². The molecule has 19 heavy (non-hydrogen) atoms. The summed E-state index contributed by atoms with van der Waals surface area (Å²) in [7, 11) is 0. The Bertz CT molecular complexity index is 590. The summed E-state index contributed by atoms with van der Waals surface area (Å²) in [5.74, 6) is 1.41. The Kier molecular flexibility index (Phi) is 3.27. The zero-order chi connectivity index (χ0) is 13.4. The van der Waals surface area contributed by atoms with Crippen LogP contribution in [-0.4, -0.2) is 22.1 Å². The third-order valence-corrected chi connectivity index (χ3v) is 4.04. The van der Waals surface area contributed by atoms with Gasteiger partial charge in [0.15, 0.2) is 0 Å². The summed E-state index contributed by atoms with van der Waals surface area (Å²) in [6.07, 6.45) is 2.21. The van der Waals surface area contributed by atoms with Gasteiger partial charge in [0.05, 0.1) is 11.0 Å². The smallest absolute Gasteiger partial charge is 0.125 e. The van der Waals surface area contributed by atoms with Gasteiger partial charge in [0.25, 0.3) is 0 Å². The highest BCUT2D eigenvalue weighted by atomic mass is 19.1. The second-order valence-electron chi connectivity index (χ2n) is 5.42. The maximum atomic E-state index is 13.4. The number of hydrogen-bond acceptors (Lipinski definition) is 2. The minimum atomic E-state index is -0.188. The first-order chi connectivity index (χ1) is 9.19. The van der Waals surface area contributed by atoms with Gasteiger partial charge >= 0.3 is 0 Å².